The molecule has 1 aliphatic heterocycles. The Kier molecular flexibility index (Phi) is 6.07. The lowest BCUT2D eigenvalue weighted by Crippen LogP contribution is -2.35. The molecule has 0 amide bonds. The summed E-state index contributed by atoms with van der Waals surface area (Å²) in [5.74, 6) is 0.484. The lowest BCUT2D eigenvalue weighted by molar-refractivity contribution is 0.0342. The predicted octanol–water partition coefficient (Wildman–Crippen LogP) is 3.62. The molecule has 154 valence electrons. The summed E-state index contributed by atoms with van der Waals surface area (Å²) in [5.41, 5.74) is 12.2. The molecule has 0 aliphatic carbocycles. The molecule has 1 aromatic heterocycles. The van der Waals surface area contributed by atoms with Crippen LogP contribution in [0, 0.1) is 5.41 Å². The minimum atomic E-state index is 0.484. The van der Waals surface area contributed by atoms with Gasteiger partial charge in [-0.2, -0.15) is 0 Å². The number of anilines is 2. The Balaban J connectivity index is 1.58. The third-order valence-electron chi connectivity index (χ3n) is 5.43. The van der Waals surface area contributed by atoms with Crippen molar-refractivity contribution in [3.63, 3.8) is 0 Å². The van der Waals surface area contributed by atoms with Crippen LogP contribution in [0.5, 0.6) is 0 Å². The lowest BCUT2D eigenvalue weighted by Gasteiger charge is -2.26. The minimum absolute atomic E-state index is 0.484. The molecule has 6 nitrogen and oxygen atoms in total. The van der Waals surface area contributed by atoms with E-state index in [1.807, 2.05) is 49.5 Å². The number of morpholine rings is 1. The van der Waals surface area contributed by atoms with Gasteiger partial charge in [0.2, 0.25) is 0 Å². The number of ether oxygens (including phenoxy) is 1. The van der Waals surface area contributed by atoms with Crippen molar-refractivity contribution < 1.29 is 4.74 Å². The molecule has 0 spiro atoms. The molecule has 4 rings (SSSR count). The maximum absolute atomic E-state index is 8.84. The third-order valence-corrected chi connectivity index (χ3v) is 5.43. The van der Waals surface area contributed by atoms with Crippen LogP contribution in [0.2, 0.25) is 0 Å². The van der Waals surface area contributed by atoms with Crippen molar-refractivity contribution in [2.24, 2.45) is 0 Å². The third kappa shape index (κ3) is 4.50. The van der Waals surface area contributed by atoms with Crippen LogP contribution in [0.1, 0.15) is 16.7 Å². The van der Waals surface area contributed by atoms with Crippen LogP contribution >= 0.6 is 0 Å². The molecule has 6 heteroatoms. The molecule has 1 aliphatic rings. The van der Waals surface area contributed by atoms with Crippen LogP contribution in [-0.4, -0.2) is 48.9 Å². The van der Waals surface area contributed by atoms with Gasteiger partial charge in [0.15, 0.2) is 0 Å². The highest BCUT2D eigenvalue weighted by atomic mass is 16.5. The van der Waals surface area contributed by atoms with Crippen LogP contribution in [0.25, 0.3) is 11.1 Å². The molecule has 0 atom stereocenters. The van der Waals surface area contributed by atoms with Gasteiger partial charge in [0.25, 0.3) is 0 Å². The molecule has 4 N–H and O–H groups in total. The summed E-state index contributed by atoms with van der Waals surface area (Å²) in [4.78, 5) is 6.46. The van der Waals surface area contributed by atoms with Gasteiger partial charge in [0, 0.05) is 49.7 Å². The van der Waals surface area contributed by atoms with E-state index < -0.39 is 0 Å². The molecule has 2 heterocycles. The summed E-state index contributed by atoms with van der Waals surface area (Å²) in [6.45, 7) is 4.45. The summed E-state index contributed by atoms with van der Waals surface area (Å²) < 4.78 is 5.42. The average Bonchev–Trinajstić information content (AvgIpc) is 2.79. The van der Waals surface area contributed by atoms with E-state index in [4.69, 9.17) is 15.9 Å². The number of rotatable bonds is 6. The Bertz CT molecular complexity index is 1030. The fraction of sp³-hybridized carbons (Fsp3) is 0.250. The van der Waals surface area contributed by atoms with Gasteiger partial charge in [-0.3, -0.25) is 10.3 Å². The lowest BCUT2D eigenvalue weighted by atomic mass is 9.95. The van der Waals surface area contributed by atoms with Crippen molar-refractivity contribution in [3.8, 4) is 11.1 Å². The number of nitrogens with one attached hydrogen (secondary N) is 2. The van der Waals surface area contributed by atoms with Gasteiger partial charge in [-0.25, -0.2) is 4.98 Å². The topological polar surface area (TPSA) is 87.3 Å². The van der Waals surface area contributed by atoms with Crippen LogP contribution in [0.15, 0.2) is 60.8 Å². The van der Waals surface area contributed by atoms with E-state index in [1.54, 1.807) is 6.20 Å². The molecular formula is C24H27N5O. The molecule has 1 saturated heterocycles. The Labute approximate surface area is 177 Å². The Morgan fingerprint density at radius 3 is 2.50 bits per heavy atom. The molecule has 0 saturated carbocycles. The number of hydrogen-bond donors (Lipinski definition) is 3. The van der Waals surface area contributed by atoms with Crippen molar-refractivity contribution in [1.82, 2.24) is 9.88 Å². The Morgan fingerprint density at radius 1 is 1.07 bits per heavy atom. The van der Waals surface area contributed by atoms with Gasteiger partial charge in [0.1, 0.15) is 5.82 Å². The summed E-state index contributed by atoms with van der Waals surface area (Å²) in [5, 5.41) is 12.0. The van der Waals surface area contributed by atoms with E-state index in [1.165, 1.54) is 5.56 Å². The summed E-state index contributed by atoms with van der Waals surface area (Å²) in [6.07, 6.45) is 1.70. The smallest absolute Gasteiger partial charge is 0.123 e. The highest BCUT2D eigenvalue weighted by molar-refractivity contribution is 6.14. The predicted molar refractivity (Wildman–Crippen MR) is 122 cm³/mol. The zero-order valence-corrected chi connectivity index (χ0v) is 17.2. The highest BCUT2D eigenvalue weighted by Gasteiger charge is 2.14. The normalized spacial score (nSPS) is 14.4. The van der Waals surface area contributed by atoms with Crippen LogP contribution in [-0.2, 0) is 11.3 Å². The second kappa shape index (κ2) is 9.07. The fourth-order valence-electron chi connectivity index (χ4n) is 3.73. The van der Waals surface area contributed by atoms with E-state index in [-0.39, 0.29) is 0 Å². The largest absolute Gasteiger partial charge is 0.388 e. The SMILES string of the molecule is CNc1ccc(-c2ccnc(N)c2)cc1C(=N)c1ccc(CN2CCOCC2)cc1. The Morgan fingerprint density at radius 2 is 1.80 bits per heavy atom. The molecule has 0 unspecified atom stereocenters. The molecule has 1 fully saturated rings. The zero-order chi connectivity index (χ0) is 20.9. The van der Waals surface area contributed by atoms with Gasteiger partial charge in [0.05, 0.1) is 18.9 Å². The van der Waals surface area contributed by atoms with Crippen LogP contribution in [0.4, 0.5) is 11.5 Å². The number of nitrogen functional groups attached to an aromatic ring is 1. The van der Waals surface area contributed by atoms with E-state index in [9.17, 15) is 0 Å². The zero-order valence-electron chi connectivity index (χ0n) is 17.2. The maximum Gasteiger partial charge on any atom is 0.123 e. The molecule has 0 radical (unpaired) electrons. The molecule has 2 aromatic carbocycles. The summed E-state index contributed by atoms with van der Waals surface area (Å²) in [7, 11) is 1.88. The monoisotopic (exact) mass is 401 g/mol. The van der Waals surface area contributed by atoms with E-state index in [2.05, 4.69) is 27.3 Å². The summed E-state index contributed by atoms with van der Waals surface area (Å²) in [6, 6.07) is 18.2. The van der Waals surface area contributed by atoms with Gasteiger partial charge in [-0.1, -0.05) is 30.3 Å². The Hall–Kier alpha value is -3.22. The first-order valence-electron chi connectivity index (χ1n) is 10.2. The maximum atomic E-state index is 8.84. The van der Waals surface area contributed by atoms with Gasteiger partial charge in [-0.05, 0) is 41.0 Å². The van der Waals surface area contributed by atoms with E-state index in [0.717, 1.165) is 60.8 Å². The minimum Gasteiger partial charge on any atom is -0.388 e. The molecular weight excluding hydrogens is 374 g/mol. The molecule has 3 aromatic rings. The van der Waals surface area contributed by atoms with Gasteiger partial charge < -0.3 is 15.8 Å². The van der Waals surface area contributed by atoms with E-state index in [0.29, 0.717) is 11.5 Å². The number of pyridine rings is 1. The van der Waals surface area contributed by atoms with Crippen molar-refractivity contribution in [3.05, 3.63) is 77.5 Å². The standard InChI is InChI=1S/C24H27N5O/c1-27-22-7-6-19(20-8-9-28-23(25)15-20)14-21(22)24(26)18-4-2-17(3-5-18)16-29-10-12-30-13-11-29/h2-9,14-15,26-27H,10-13,16H2,1H3,(H2,25,28). The fourth-order valence-corrected chi connectivity index (χ4v) is 3.73. The van der Waals surface area contributed by atoms with Gasteiger partial charge in [-0.15, -0.1) is 0 Å². The van der Waals surface area contributed by atoms with Crippen molar-refractivity contribution in [2.45, 2.75) is 6.54 Å². The van der Waals surface area contributed by atoms with Crippen molar-refractivity contribution in [2.75, 3.05) is 44.4 Å². The summed E-state index contributed by atoms with van der Waals surface area (Å²) >= 11 is 0. The molecule has 30 heavy (non-hydrogen) atoms. The molecule has 0 bridgehead atoms. The number of nitrogens with two attached hydrogens (primary N) is 1. The quantitative estimate of drug-likeness (QED) is 0.549. The average molecular weight is 402 g/mol. The first-order valence-corrected chi connectivity index (χ1v) is 10.2. The number of hydrogen-bond acceptors (Lipinski definition) is 6. The second-order valence-corrected chi connectivity index (χ2v) is 7.44. The number of benzene rings is 2. The van der Waals surface area contributed by atoms with Crippen molar-refractivity contribution in [1.29, 1.82) is 5.41 Å². The van der Waals surface area contributed by atoms with Crippen molar-refractivity contribution >= 4 is 17.2 Å². The first kappa shape index (κ1) is 20.1. The van der Waals surface area contributed by atoms with Crippen LogP contribution in [0.3, 0.4) is 0 Å². The van der Waals surface area contributed by atoms with E-state index >= 15 is 0 Å². The van der Waals surface area contributed by atoms with Gasteiger partial charge >= 0.3 is 0 Å². The number of aromatic nitrogens is 1. The second-order valence-electron chi connectivity index (χ2n) is 7.44. The highest BCUT2D eigenvalue weighted by Crippen LogP contribution is 2.27. The first-order chi connectivity index (χ1) is 14.6. The number of nitrogens with zero attached hydrogens (tertiary/aromatic N) is 2. The van der Waals surface area contributed by atoms with Crippen LogP contribution < -0.4 is 11.1 Å².